The Morgan fingerprint density at radius 3 is 2.71 bits per heavy atom. The van der Waals surface area contributed by atoms with Crippen molar-refractivity contribution in [2.24, 2.45) is 0 Å². The van der Waals surface area contributed by atoms with Gasteiger partial charge in [0.2, 0.25) is 0 Å². The van der Waals surface area contributed by atoms with Crippen LogP contribution in [0.1, 0.15) is 35.8 Å². The van der Waals surface area contributed by atoms with Crippen LogP contribution in [0.5, 0.6) is 0 Å². The predicted molar refractivity (Wildman–Crippen MR) is 93.5 cm³/mol. The van der Waals surface area contributed by atoms with Gasteiger partial charge in [0, 0.05) is 23.0 Å². The largest absolute Gasteiger partial charge is 0.362 e. The van der Waals surface area contributed by atoms with E-state index in [1.807, 2.05) is 55.6 Å². The van der Waals surface area contributed by atoms with Gasteiger partial charge in [-0.05, 0) is 38.3 Å². The first-order chi connectivity index (χ1) is 11.8. The number of anilines is 1. The van der Waals surface area contributed by atoms with Gasteiger partial charge in [0.05, 0.1) is 11.7 Å². The SMILES string of the molecule is Cc1ccc(N[C@H]2CCCc3nc(-c4ccccc4)ncc32)nn1. The lowest BCUT2D eigenvalue weighted by atomic mass is 9.92. The first kappa shape index (κ1) is 14.8. The van der Waals surface area contributed by atoms with E-state index < -0.39 is 0 Å². The average Bonchev–Trinajstić information content (AvgIpc) is 2.64. The van der Waals surface area contributed by atoms with Gasteiger partial charge >= 0.3 is 0 Å². The van der Waals surface area contributed by atoms with Crippen molar-refractivity contribution in [3.8, 4) is 11.4 Å². The third-order valence-electron chi connectivity index (χ3n) is 4.33. The second kappa shape index (κ2) is 6.35. The van der Waals surface area contributed by atoms with Crippen LogP contribution in [0.2, 0.25) is 0 Å². The van der Waals surface area contributed by atoms with E-state index in [0.717, 1.165) is 47.9 Å². The van der Waals surface area contributed by atoms with Crippen LogP contribution in [-0.2, 0) is 6.42 Å². The Bertz CT molecular complexity index is 830. The number of rotatable bonds is 3. The van der Waals surface area contributed by atoms with E-state index in [1.54, 1.807) is 0 Å². The highest BCUT2D eigenvalue weighted by Gasteiger charge is 2.22. The van der Waals surface area contributed by atoms with Crippen LogP contribution >= 0.6 is 0 Å². The van der Waals surface area contributed by atoms with Crippen LogP contribution in [0.4, 0.5) is 5.82 Å². The Labute approximate surface area is 141 Å². The lowest BCUT2D eigenvalue weighted by Gasteiger charge is -2.25. The molecule has 0 spiro atoms. The first-order valence-electron chi connectivity index (χ1n) is 8.28. The molecule has 5 heteroatoms. The standard InChI is InChI=1S/C19H19N5/c1-13-10-11-18(24-23-13)21-16-8-5-9-17-15(16)12-20-19(22-17)14-6-3-2-4-7-14/h2-4,6-7,10-12,16H,5,8-9H2,1H3,(H,21,24)/t16-/m0/s1. The van der Waals surface area contributed by atoms with Gasteiger partial charge in [-0.25, -0.2) is 9.97 Å². The van der Waals surface area contributed by atoms with E-state index in [2.05, 4.69) is 20.5 Å². The third-order valence-corrected chi connectivity index (χ3v) is 4.33. The van der Waals surface area contributed by atoms with Gasteiger partial charge in [0.15, 0.2) is 5.82 Å². The minimum Gasteiger partial charge on any atom is -0.362 e. The molecule has 0 amide bonds. The monoisotopic (exact) mass is 317 g/mol. The average molecular weight is 317 g/mol. The van der Waals surface area contributed by atoms with Gasteiger partial charge in [0.25, 0.3) is 0 Å². The van der Waals surface area contributed by atoms with E-state index in [1.165, 1.54) is 5.56 Å². The summed E-state index contributed by atoms with van der Waals surface area (Å²) in [6, 6.07) is 14.2. The molecule has 0 saturated carbocycles. The van der Waals surface area contributed by atoms with Crippen LogP contribution in [0.25, 0.3) is 11.4 Å². The fourth-order valence-electron chi connectivity index (χ4n) is 3.08. The molecule has 1 N–H and O–H groups in total. The Kier molecular flexibility index (Phi) is 3.91. The molecule has 120 valence electrons. The summed E-state index contributed by atoms with van der Waals surface area (Å²) < 4.78 is 0. The molecule has 0 bridgehead atoms. The molecule has 1 aromatic carbocycles. The lowest BCUT2D eigenvalue weighted by Crippen LogP contribution is -2.20. The quantitative estimate of drug-likeness (QED) is 0.797. The van der Waals surface area contributed by atoms with Crippen molar-refractivity contribution in [1.29, 1.82) is 0 Å². The maximum atomic E-state index is 4.80. The Morgan fingerprint density at radius 1 is 1.04 bits per heavy atom. The third kappa shape index (κ3) is 2.97. The van der Waals surface area contributed by atoms with Crippen molar-refractivity contribution in [2.75, 3.05) is 5.32 Å². The molecule has 2 aromatic heterocycles. The van der Waals surface area contributed by atoms with Gasteiger partial charge in [0.1, 0.15) is 5.82 Å². The minimum atomic E-state index is 0.190. The lowest BCUT2D eigenvalue weighted by molar-refractivity contribution is 0.582. The molecule has 1 aliphatic carbocycles. The van der Waals surface area contributed by atoms with Gasteiger partial charge < -0.3 is 5.32 Å². The van der Waals surface area contributed by atoms with Crippen molar-refractivity contribution in [3.05, 3.63) is 65.6 Å². The second-order valence-corrected chi connectivity index (χ2v) is 6.11. The number of hydrogen-bond acceptors (Lipinski definition) is 5. The van der Waals surface area contributed by atoms with Crippen LogP contribution < -0.4 is 5.32 Å². The molecule has 0 fully saturated rings. The molecule has 0 radical (unpaired) electrons. The zero-order chi connectivity index (χ0) is 16.4. The molecule has 2 heterocycles. The number of nitrogens with zero attached hydrogens (tertiary/aromatic N) is 4. The fraction of sp³-hybridized carbons (Fsp3) is 0.263. The van der Waals surface area contributed by atoms with Crippen LogP contribution in [-0.4, -0.2) is 20.2 Å². The molecule has 4 rings (SSSR count). The van der Waals surface area contributed by atoms with E-state index in [-0.39, 0.29) is 6.04 Å². The van der Waals surface area contributed by atoms with Crippen molar-refractivity contribution in [2.45, 2.75) is 32.2 Å². The maximum absolute atomic E-state index is 4.80. The van der Waals surface area contributed by atoms with E-state index in [9.17, 15) is 0 Å². The maximum Gasteiger partial charge on any atom is 0.159 e. The van der Waals surface area contributed by atoms with Crippen molar-refractivity contribution in [1.82, 2.24) is 20.2 Å². The number of aryl methyl sites for hydroxylation is 2. The number of benzene rings is 1. The van der Waals surface area contributed by atoms with Gasteiger partial charge in [-0.3, -0.25) is 0 Å². The molecule has 5 nitrogen and oxygen atoms in total. The number of nitrogens with one attached hydrogen (secondary N) is 1. The molecule has 1 aliphatic rings. The molecule has 0 unspecified atom stereocenters. The summed E-state index contributed by atoms with van der Waals surface area (Å²) in [4.78, 5) is 9.38. The first-order valence-corrected chi connectivity index (χ1v) is 8.28. The fourth-order valence-corrected chi connectivity index (χ4v) is 3.08. The molecular weight excluding hydrogens is 298 g/mol. The van der Waals surface area contributed by atoms with Crippen LogP contribution in [0, 0.1) is 6.92 Å². The van der Waals surface area contributed by atoms with E-state index >= 15 is 0 Å². The number of aromatic nitrogens is 4. The van der Waals surface area contributed by atoms with Crippen molar-refractivity contribution >= 4 is 5.82 Å². The molecule has 3 aromatic rings. The Hall–Kier alpha value is -2.82. The molecule has 1 atom stereocenters. The van der Waals surface area contributed by atoms with Crippen molar-refractivity contribution < 1.29 is 0 Å². The Balaban J connectivity index is 1.62. The van der Waals surface area contributed by atoms with Gasteiger partial charge in [-0.1, -0.05) is 30.3 Å². The van der Waals surface area contributed by atoms with Crippen LogP contribution in [0.15, 0.2) is 48.7 Å². The molecule has 0 aliphatic heterocycles. The summed E-state index contributed by atoms with van der Waals surface area (Å²) in [6.45, 7) is 1.94. The number of fused-ring (bicyclic) bond motifs is 1. The van der Waals surface area contributed by atoms with Crippen molar-refractivity contribution in [3.63, 3.8) is 0 Å². The normalized spacial score (nSPS) is 16.5. The topological polar surface area (TPSA) is 63.6 Å². The second-order valence-electron chi connectivity index (χ2n) is 6.11. The summed E-state index contributed by atoms with van der Waals surface area (Å²) in [6.07, 6.45) is 5.12. The zero-order valence-electron chi connectivity index (χ0n) is 13.6. The summed E-state index contributed by atoms with van der Waals surface area (Å²) in [5, 5.41) is 11.8. The van der Waals surface area contributed by atoms with E-state index in [0.29, 0.717) is 0 Å². The van der Waals surface area contributed by atoms with E-state index in [4.69, 9.17) is 4.98 Å². The van der Waals surface area contributed by atoms with Crippen LogP contribution in [0.3, 0.4) is 0 Å². The summed E-state index contributed by atoms with van der Waals surface area (Å²) in [7, 11) is 0. The highest BCUT2D eigenvalue weighted by molar-refractivity contribution is 5.55. The summed E-state index contributed by atoms with van der Waals surface area (Å²) in [5.41, 5.74) is 4.27. The zero-order valence-corrected chi connectivity index (χ0v) is 13.6. The Morgan fingerprint density at radius 2 is 1.92 bits per heavy atom. The van der Waals surface area contributed by atoms with Gasteiger partial charge in [-0.15, -0.1) is 5.10 Å². The summed E-state index contributed by atoms with van der Waals surface area (Å²) >= 11 is 0. The molecule has 24 heavy (non-hydrogen) atoms. The number of hydrogen-bond donors (Lipinski definition) is 1. The van der Waals surface area contributed by atoms with Gasteiger partial charge in [-0.2, -0.15) is 5.10 Å². The highest BCUT2D eigenvalue weighted by Crippen LogP contribution is 2.31. The predicted octanol–water partition coefficient (Wildman–Crippen LogP) is 3.73. The molecule has 0 saturated heterocycles. The molecular formula is C19H19N5. The smallest absolute Gasteiger partial charge is 0.159 e. The highest BCUT2D eigenvalue weighted by atomic mass is 15.2. The summed E-state index contributed by atoms with van der Waals surface area (Å²) in [5.74, 6) is 1.59. The minimum absolute atomic E-state index is 0.190.